The summed E-state index contributed by atoms with van der Waals surface area (Å²) in [6.45, 7) is 5.20. The van der Waals surface area contributed by atoms with Gasteiger partial charge in [0.1, 0.15) is 16.5 Å². The van der Waals surface area contributed by atoms with Crippen molar-refractivity contribution in [3.05, 3.63) is 47.5 Å². The summed E-state index contributed by atoms with van der Waals surface area (Å²) in [5.74, 6) is -0.165. The topological polar surface area (TPSA) is 88.4 Å². The Morgan fingerprint density at radius 2 is 1.96 bits per heavy atom. The van der Waals surface area contributed by atoms with Crippen LogP contribution in [0.5, 0.6) is 0 Å². The molecular formula is C16H17ClFN5O2S. The van der Waals surface area contributed by atoms with E-state index in [0.29, 0.717) is 10.8 Å². The Balaban J connectivity index is 2.06. The molecule has 0 fully saturated rings. The molecule has 2 N–H and O–H groups in total. The van der Waals surface area contributed by atoms with Gasteiger partial charge in [-0.2, -0.15) is 9.61 Å². The third kappa shape index (κ3) is 3.79. The van der Waals surface area contributed by atoms with Gasteiger partial charge in [-0.15, -0.1) is 0 Å². The SMILES string of the molecule is CC(C)(C)NS(=O)(=O)c1cnn2c(Nc3cc(Cl)ccc3F)ccnc12. The Hall–Kier alpha value is -2.23. The lowest BCUT2D eigenvalue weighted by molar-refractivity contribution is 0.492. The maximum absolute atomic E-state index is 14.0. The van der Waals surface area contributed by atoms with E-state index in [4.69, 9.17) is 11.6 Å². The molecule has 2 heterocycles. The molecule has 0 bridgehead atoms. The van der Waals surface area contributed by atoms with Crippen LogP contribution in [0.1, 0.15) is 20.8 Å². The summed E-state index contributed by atoms with van der Waals surface area (Å²) >= 11 is 5.90. The van der Waals surface area contributed by atoms with Gasteiger partial charge in [0.15, 0.2) is 5.65 Å². The van der Waals surface area contributed by atoms with E-state index in [1.165, 1.54) is 35.1 Å². The van der Waals surface area contributed by atoms with Crippen LogP contribution in [-0.4, -0.2) is 28.6 Å². The van der Waals surface area contributed by atoms with Crippen LogP contribution in [0.15, 0.2) is 41.6 Å². The van der Waals surface area contributed by atoms with Crippen LogP contribution in [-0.2, 0) is 10.0 Å². The number of anilines is 2. The monoisotopic (exact) mass is 397 g/mol. The smallest absolute Gasteiger partial charge is 0.246 e. The molecule has 0 amide bonds. The van der Waals surface area contributed by atoms with Crippen LogP contribution < -0.4 is 10.0 Å². The van der Waals surface area contributed by atoms with Gasteiger partial charge in [0.05, 0.1) is 11.9 Å². The van der Waals surface area contributed by atoms with Crippen LogP contribution in [0.2, 0.25) is 5.02 Å². The molecule has 0 spiro atoms. The van der Waals surface area contributed by atoms with Gasteiger partial charge in [0, 0.05) is 16.8 Å². The molecule has 0 atom stereocenters. The molecule has 0 saturated heterocycles. The fourth-order valence-corrected chi connectivity index (χ4v) is 4.00. The summed E-state index contributed by atoms with van der Waals surface area (Å²) in [5, 5.41) is 7.29. The van der Waals surface area contributed by atoms with Crippen LogP contribution in [0.3, 0.4) is 0 Å². The maximum atomic E-state index is 14.0. The van der Waals surface area contributed by atoms with E-state index in [0.717, 1.165) is 0 Å². The van der Waals surface area contributed by atoms with Crippen LogP contribution in [0.4, 0.5) is 15.9 Å². The fraction of sp³-hybridized carbons (Fsp3) is 0.250. The summed E-state index contributed by atoms with van der Waals surface area (Å²) in [4.78, 5) is 4.03. The van der Waals surface area contributed by atoms with Gasteiger partial charge < -0.3 is 5.32 Å². The van der Waals surface area contributed by atoms with E-state index >= 15 is 0 Å². The number of sulfonamides is 1. The largest absolute Gasteiger partial charge is 0.338 e. The minimum atomic E-state index is -3.82. The number of nitrogens with one attached hydrogen (secondary N) is 2. The highest BCUT2D eigenvalue weighted by Crippen LogP contribution is 2.25. The summed E-state index contributed by atoms with van der Waals surface area (Å²) in [5.41, 5.74) is -0.403. The molecule has 3 rings (SSSR count). The van der Waals surface area contributed by atoms with Gasteiger partial charge >= 0.3 is 0 Å². The quantitative estimate of drug-likeness (QED) is 0.704. The molecule has 10 heteroatoms. The molecule has 1 aromatic carbocycles. The summed E-state index contributed by atoms with van der Waals surface area (Å²) in [7, 11) is -3.82. The summed E-state index contributed by atoms with van der Waals surface area (Å²) in [6, 6.07) is 5.63. The number of hydrogen-bond acceptors (Lipinski definition) is 5. The molecule has 26 heavy (non-hydrogen) atoms. The van der Waals surface area contributed by atoms with Crippen molar-refractivity contribution in [3.63, 3.8) is 0 Å². The average molecular weight is 398 g/mol. The molecule has 0 radical (unpaired) electrons. The highest BCUT2D eigenvalue weighted by Gasteiger charge is 2.26. The molecule has 0 aliphatic carbocycles. The Labute approximate surface area is 155 Å². The molecule has 0 unspecified atom stereocenters. The second kappa shape index (κ2) is 6.49. The third-order valence-electron chi connectivity index (χ3n) is 3.29. The molecule has 0 aliphatic heterocycles. The Morgan fingerprint density at radius 1 is 1.23 bits per heavy atom. The molecule has 0 aliphatic rings. The number of fused-ring (bicyclic) bond motifs is 1. The summed E-state index contributed by atoms with van der Waals surface area (Å²) in [6.07, 6.45) is 2.62. The number of aromatic nitrogens is 3. The van der Waals surface area contributed by atoms with Gasteiger partial charge in [0.2, 0.25) is 10.0 Å². The summed E-state index contributed by atoms with van der Waals surface area (Å²) < 4.78 is 43.0. The highest BCUT2D eigenvalue weighted by atomic mass is 35.5. The lowest BCUT2D eigenvalue weighted by atomic mass is 10.1. The van der Waals surface area contributed by atoms with Crippen molar-refractivity contribution in [1.82, 2.24) is 19.3 Å². The van der Waals surface area contributed by atoms with E-state index in [2.05, 4.69) is 20.1 Å². The van der Waals surface area contributed by atoms with Crippen molar-refractivity contribution in [2.24, 2.45) is 0 Å². The van der Waals surface area contributed by atoms with Crippen molar-refractivity contribution in [3.8, 4) is 0 Å². The number of halogens is 2. The first kappa shape index (κ1) is 18.6. The van der Waals surface area contributed by atoms with Gasteiger partial charge in [-0.25, -0.2) is 22.5 Å². The van der Waals surface area contributed by atoms with Crippen molar-refractivity contribution in [1.29, 1.82) is 0 Å². The predicted molar refractivity (Wildman–Crippen MR) is 97.8 cm³/mol. The number of benzene rings is 1. The highest BCUT2D eigenvalue weighted by molar-refractivity contribution is 7.89. The van der Waals surface area contributed by atoms with E-state index in [1.807, 2.05) is 0 Å². The number of nitrogens with zero attached hydrogens (tertiary/aromatic N) is 3. The zero-order chi connectivity index (χ0) is 19.1. The first-order chi connectivity index (χ1) is 12.1. The minimum Gasteiger partial charge on any atom is -0.338 e. The number of rotatable bonds is 4. The van der Waals surface area contributed by atoms with Gasteiger partial charge in [0.25, 0.3) is 0 Å². The normalized spacial score (nSPS) is 12.5. The van der Waals surface area contributed by atoms with E-state index in [9.17, 15) is 12.8 Å². The van der Waals surface area contributed by atoms with Gasteiger partial charge in [-0.1, -0.05) is 11.6 Å². The predicted octanol–water partition coefficient (Wildman–Crippen LogP) is 3.34. The first-order valence-corrected chi connectivity index (χ1v) is 9.52. The molecular weight excluding hydrogens is 381 g/mol. The molecule has 3 aromatic rings. The maximum Gasteiger partial charge on any atom is 0.246 e. The lowest BCUT2D eigenvalue weighted by Crippen LogP contribution is -2.40. The average Bonchev–Trinajstić information content (AvgIpc) is 2.94. The van der Waals surface area contributed by atoms with E-state index in [1.54, 1.807) is 26.8 Å². The Bertz CT molecular complexity index is 1080. The molecule has 138 valence electrons. The lowest BCUT2D eigenvalue weighted by Gasteiger charge is -2.19. The van der Waals surface area contributed by atoms with Crippen molar-refractivity contribution >= 4 is 38.8 Å². The second-order valence-electron chi connectivity index (χ2n) is 6.68. The molecule has 2 aromatic heterocycles. The van der Waals surface area contributed by atoms with E-state index < -0.39 is 21.4 Å². The second-order valence-corrected chi connectivity index (χ2v) is 8.77. The zero-order valence-corrected chi connectivity index (χ0v) is 15.9. The molecule has 7 nitrogen and oxygen atoms in total. The standard InChI is InChI=1S/C16H17ClFN5O2S/c1-16(2,3)22-26(24,25)13-9-20-23-14(6-7-19-15(13)23)21-12-8-10(17)4-5-11(12)18/h4-9,21-22H,1-3H3. The number of hydrogen-bond donors (Lipinski definition) is 2. The first-order valence-electron chi connectivity index (χ1n) is 7.66. The van der Waals surface area contributed by atoms with Crippen molar-refractivity contribution in [2.45, 2.75) is 31.2 Å². The van der Waals surface area contributed by atoms with Crippen LogP contribution >= 0.6 is 11.6 Å². The van der Waals surface area contributed by atoms with Crippen molar-refractivity contribution < 1.29 is 12.8 Å². The van der Waals surface area contributed by atoms with Crippen LogP contribution in [0.25, 0.3) is 5.65 Å². The van der Waals surface area contributed by atoms with Gasteiger partial charge in [-0.05, 0) is 45.0 Å². The molecule has 0 saturated carbocycles. The Kier molecular flexibility index (Phi) is 4.63. The Morgan fingerprint density at radius 3 is 2.65 bits per heavy atom. The van der Waals surface area contributed by atoms with Crippen LogP contribution in [0, 0.1) is 5.82 Å². The minimum absolute atomic E-state index is 0.0670. The van der Waals surface area contributed by atoms with Gasteiger partial charge in [-0.3, -0.25) is 0 Å². The van der Waals surface area contributed by atoms with E-state index in [-0.39, 0.29) is 16.2 Å². The fourth-order valence-electron chi connectivity index (χ4n) is 2.34. The van der Waals surface area contributed by atoms with Crippen molar-refractivity contribution in [2.75, 3.05) is 5.32 Å². The third-order valence-corrected chi connectivity index (χ3v) is 5.27. The zero-order valence-electron chi connectivity index (χ0n) is 14.3.